The van der Waals surface area contributed by atoms with Crippen LogP contribution in [0.3, 0.4) is 0 Å². The van der Waals surface area contributed by atoms with Gasteiger partial charge in [-0.3, -0.25) is 0 Å². The summed E-state index contributed by atoms with van der Waals surface area (Å²) in [6.45, 7) is 9.70. The van der Waals surface area contributed by atoms with Crippen molar-refractivity contribution in [1.29, 1.82) is 0 Å². The van der Waals surface area contributed by atoms with Crippen LogP contribution in [0.4, 0.5) is 0 Å². The molecule has 25 rings (SSSR count). The Labute approximate surface area is 709 Å². The maximum absolute atomic E-state index is 6.17. The van der Waals surface area contributed by atoms with Gasteiger partial charge in [-0.25, -0.2) is 54.8 Å². The first kappa shape index (κ1) is 74.5. The highest BCUT2D eigenvalue weighted by Gasteiger charge is 2.33. The molecule has 122 heavy (non-hydrogen) atoms. The van der Waals surface area contributed by atoms with E-state index in [9.17, 15) is 0 Å². The molecular weight excluding hydrogens is 1540 g/mol. The number of furan rings is 2. The van der Waals surface area contributed by atoms with Crippen LogP contribution in [0.25, 0.3) is 196 Å². The Hall–Kier alpha value is -15.0. The van der Waals surface area contributed by atoms with Crippen LogP contribution in [-0.2, 0) is 6.42 Å². The van der Waals surface area contributed by atoms with E-state index in [4.69, 9.17) is 28.8 Å². The first-order valence-electron chi connectivity index (χ1n) is 40.8. The molecule has 2 aliphatic carbocycles. The molecule has 15 heteroatoms. The lowest BCUT2D eigenvalue weighted by molar-refractivity contribution is 0.630. The molecule has 582 valence electrons. The largest absolute Gasteiger partial charge is 0.456 e. The van der Waals surface area contributed by atoms with Gasteiger partial charge < -0.3 is 8.83 Å². The minimum Gasteiger partial charge on any atom is -0.456 e. The molecule has 2 atom stereocenters. The van der Waals surface area contributed by atoms with Crippen LogP contribution < -0.4 is 0 Å². The van der Waals surface area contributed by atoms with Crippen molar-refractivity contribution in [3.8, 4) is 67.8 Å². The molecular formula is C107H75N11O2S2. The molecule has 0 fully saturated rings. The van der Waals surface area contributed by atoms with Gasteiger partial charge in [0, 0.05) is 123 Å². The molecule has 13 nitrogen and oxygen atoms in total. The third-order valence-electron chi connectivity index (χ3n) is 22.7. The maximum atomic E-state index is 6.17. The molecule has 0 amide bonds. The number of nitrogens with zero attached hydrogens (tertiary/aromatic N) is 11. The fraction of sp³-hybridized carbons (Fsp3) is 0.0748. The van der Waals surface area contributed by atoms with Crippen LogP contribution in [0.5, 0.6) is 0 Å². The molecule has 0 N–H and O–H groups in total. The summed E-state index contributed by atoms with van der Waals surface area (Å²) in [6.07, 6.45) is 10.2. The number of aryl methyl sites for hydroxylation is 5. The van der Waals surface area contributed by atoms with E-state index < -0.39 is 0 Å². The number of rotatable bonds is 6. The number of benzene rings is 14. The highest BCUT2D eigenvalue weighted by atomic mass is 32.1. The number of fused-ring (bicyclic) bond motifs is 19. The van der Waals surface area contributed by atoms with Gasteiger partial charge in [0.2, 0.25) is 0 Å². The third-order valence-corrected chi connectivity index (χ3v) is 25.1. The van der Waals surface area contributed by atoms with Gasteiger partial charge in [0.05, 0.1) is 44.8 Å². The van der Waals surface area contributed by atoms with Crippen LogP contribution in [0.2, 0.25) is 0 Å². The van der Waals surface area contributed by atoms with Crippen LogP contribution in [0.1, 0.15) is 46.2 Å². The molecule has 0 radical (unpaired) electrons. The summed E-state index contributed by atoms with van der Waals surface area (Å²) in [7, 11) is 0. The smallest absolute Gasteiger partial charge is 0.163 e. The summed E-state index contributed by atoms with van der Waals surface area (Å²) in [5, 5.41) is 14.1. The van der Waals surface area contributed by atoms with Crippen LogP contribution >= 0.6 is 22.7 Å². The summed E-state index contributed by atoms with van der Waals surface area (Å²) in [5.74, 6) is 6.28. The minimum atomic E-state index is 0.468. The molecule has 14 aromatic carbocycles. The molecule has 0 saturated heterocycles. The minimum absolute atomic E-state index is 0.468. The molecule has 23 aromatic rings. The predicted octanol–water partition coefficient (Wildman–Crippen LogP) is 27.9. The van der Waals surface area contributed by atoms with Crippen molar-refractivity contribution in [2.75, 3.05) is 0 Å². The Morgan fingerprint density at radius 1 is 0.270 bits per heavy atom. The van der Waals surface area contributed by atoms with Crippen LogP contribution in [0.15, 0.2) is 349 Å². The molecule has 0 saturated carbocycles. The lowest BCUT2D eigenvalue weighted by Crippen LogP contribution is -2.05. The van der Waals surface area contributed by atoms with Crippen LogP contribution in [-0.4, -0.2) is 54.8 Å². The summed E-state index contributed by atoms with van der Waals surface area (Å²) in [5.41, 5.74) is 20.9. The van der Waals surface area contributed by atoms with E-state index in [2.05, 4.69) is 247 Å². The van der Waals surface area contributed by atoms with Gasteiger partial charge in [-0.05, 0) is 131 Å². The summed E-state index contributed by atoms with van der Waals surface area (Å²) >= 11 is 3.67. The molecule has 0 aliphatic heterocycles. The number of aromatic nitrogens is 11. The first-order chi connectivity index (χ1) is 60.0. The Morgan fingerprint density at radius 3 is 1.34 bits per heavy atom. The van der Waals surface area contributed by atoms with Crippen molar-refractivity contribution in [3.05, 3.63) is 380 Å². The summed E-state index contributed by atoms with van der Waals surface area (Å²) in [4.78, 5) is 51.0. The van der Waals surface area contributed by atoms with Gasteiger partial charge in [-0.1, -0.05) is 267 Å². The Balaban J connectivity index is 0.0000000939. The van der Waals surface area contributed by atoms with Gasteiger partial charge in [-0.2, -0.15) is 0 Å². The molecule has 9 heterocycles. The fourth-order valence-corrected chi connectivity index (χ4v) is 19.7. The van der Waals surface area contributed by atoms with Gasteiger partial charge in [0.15, 0.2) is 11.6 Å². The SMILES string of the molecule is Cc1nc(-c2ccc3c(c2)sc2ccccc23)c2ccccc2n1.Cc1nc(-c2cccc3c2C2C=CC=CC2C3)c2ccccc2n1.Cc1nc(-c2cccc3c2oc2ccccc23)c2ccccc2n1.Cc1nc(-c2cccc3c2sc2ccccc23)c2ccccc2n1.Cc1nc(-c2ccccc2)nc(-c2ccc3c(c2)oc2ccccc23)n1. The van der Waals surface area contributed by atoms with Crippen LogP contribution in [0, 0.1) is 40.5 Å². The van der Waals surface area contributed by atoms with Crippen molar-refractivity contribution in [3.63, 3.8) is 0 Å². The second-order valence-corrected chi connectivity index (χ2v) is 32.8. The summed E-state index contributed by atoms with van der Waals surface area (Å²) in [6, 6.07) is 108. The molecule has 0 spiro atoms. The zero-order valence-electron chi connectivity index (χ0n) is 67.2. The fourth-order valence-electron chi connectivity index (χ4n) is 17.3. The highest BCUT2D eigenvalue weighted by Crippen LogP contribution is 2.48. The maximum Gasteiger partial charge on any atom is 0.163 e. The van der Waals surface area contributed by atoms with E-state index in [0.29, 0.717) is 29.3 Å². The van der Waals surface area contributed by atoms with Crippen molar-refractivity contribution >= 4 is 151 Å². The van der Waals surface area contributed by atoms with E-state index in [1.54, 1.807) is 0 Å². The topological polar surface area (TPSA) is 168 Å². The van der Waals surface area contributed by atoms with Gasteiger partial charge in [-0.15, -0.1) is 22.7 Å². The number of allylic oxidation sites excluding steroid dienone is 4. The van der Waals surface area contributed by atoms with Crippen molar-refractivity contribution < 1.29 is 8.83 Å². The van der Waals surface area contributed by atoms with E-state index in [1.165, 1.54) is 62.6 Å². The zero-order valence-corrected chi connectivity index (χ0v) is 68.9. The Kier molecular flexibility index (Phi) is 19.4. The van der Waals surface area contributed by atoms with Crippen molar-refractivity contribution in [2.24, 2.45) is 5.92 Å². The lowest BCUT2D eigenvalue weighted by Gasteiger charge is -2.19. The molecule has 2 aliphatic rings. The lowest BCUT2D eigenvalue weighted by atomic mass is 9.86. The second-order valence-electron chi connectivity index (χ2n) is 30.7. The van der Waals surface area contributed by atoms with Crippen molar-refractivity contribution in [2.45, 2.75) is 47.0 Å². The van der Waals surface area contributed by atoms with E-state index in [-0.39, 0.29) is 0 Å². The Bertz CT molecular complexity index is 7930. The van der Waals surface area contributed by atoms with Crippen molar-refractivity contribution in [1.82, 2.24) is 54.8 Å². The number of thiophene rings is 2. The number of hydrogen-bond donors (Lipinski definition) is 0. The molecule has 0 bridgehead atoms. The zero-order chi connectivity index (χ0) is 81.9. The van der Waals surface area contributed by atoms with Gasteiger partial charge >= 0.3 is 0 Å². The predicted molar refractivity (Wildman–Crippen MR) is 503 cm³/mol. The average molecular weight is 1610 g/mol. The van der Waals surface area contributed by atoms with E-state index in [0.717, 1.165) is 162 Å². The highest BCUT2D eigenvalue weighted by molar-refractivity contribution is 7.26. The quantitative estimate of drug-likeness (QED) is 0.154. The van der Waals surface area contributed by atoms with Gasteiger partial charge in [0.1, 0.15) is 51.5 Å². The van der Waals surface area contributed by atoms with E-state index >= 15 is 0 Å². The summed E-state index contributed by atoms with van der Waals surface area (Å²) < 4.78 is 17.4. The van der Waals surface area contributed by atoms with Gasteiger partial charge in [0.25, 0.3) is 0 Å². The molecule has 2 unspecified atom stereocenters. The molecule has 9 aromatic heterocycles. The first-order valence-corrected chi connectivity index (χ1v) is 42.5. The third kappa shape index (κ3) is 14.1. The number of para-hydroxylation sites is 7. The number of hydrogen-bond acceptors (Lipinski definition) is 15. The normalized spacial score (nSPS) is 13.4. The monoisotopic (exact) mass is 1610 g/mol. The van der Waals surface area contributed by atoms with E-state index in [1.807, 2.05) is 185 Å². The standard InChI is InChI=1S/C22H15N3O.C22H18N2.C21H14N2O.2C21H14N2S/c1-14-23-21(15-7-3-2-4-8-15)25-22(24-14)16-11-12-18-17-9-5-6-10-19(17)26-20(18)13-16;1-14-23-20-12-5-4-10-18(20)22(24-14)19-11-6-8-16-13-15-7-2-3-9-17(15)21(16)19;2*1-13-22-18-11-4-2-8-16(18)20(23-13)17-10-6-9-15-14-7-3-5-12-19(14)24-21(15)17;1-13-22-18-8-4-2-7-17(18)21(23-13)14-10-11-16-15-6-3-5-9-19(15)24-20(16)12-14/h2-13H,1H3;2-12,15,17H,13H2,1H3;3*2-12H,1H3. The average Bonchev–Trinajstić information content (AvgIpc) is 1.52. The second kappa shape index (κ2) is 31.7. The Morgan fingerprint density at radius 2 is 0.697 bits per heavy atom.